The molecule has 0 aliphatic carbocycles. The zero-order valence-electron chi connectivity index (χ0n) is 8.39. The SMILES string of the molecule is CC(N)C1CCCN(c2nncs2)C1. The highest BCUT2D eigenvalue weighted by molar-refractivity contribution is 7.13. The summed E-state index contributed by atoms with van der Waals surface area (Å²) < 4.78 is 0. The lowest BCUT2D eigenvalue weighted by atomic mass is 9.92. The molecule has 0 bridgehead atoms. The maximum atomic E-state index is 5.92. The number of piperidine rings is 1. The second-order valence-corrected chi connectivity index (χ2v) is 4.74. The molecule has 1 aromatic rings. The van der Waals surface area contributed by atoms with E-state index >= 15 is 0 Å². The molecule has 2 rings (SSSR count). The number of anilines is 1. The second-order valence-electron chi connectivity index (χ2n) is 3.93. The highest BCUT2D eigenvalue weighted by Crippen LogP contribution is 2.24. The predicted molar refractivity (Wildman–Crippen MR) is 58.5 cm³/mol. The molecule has 2 heterocycles. The molecular weight excluding hydrogens is 196 g/mol. The lowest BCUT2D eigenvalue weighted by Gasteiger charge is -2.34. The van der Waals surface area contributed by atoms with E-state index in [9.17, 15) is 0 Å². The molecular formula is C9H16N4S. The Bertz CT molecular complexity index is 272. The molecule has 78 valence electrons. The Hall–Kier alpha value is -0.680. The molecule has 0 aromatic carbocycles. The summed E-state index contributed by atoms with van der Waals surface area (Å²) in [5.41, 5.74) is 7.71. The molecule has 0 radical (unpaired) electrons. The van der Waals surface area contributed by atoms with Gasteiger partial charge in [-0.25, -0.2) is 0 Å². The summed E-state index contributed by atoms with van der Waals surface area (Å²) in [7, 11) is 0. The quantitative estimate of drug-likeness (QED) is 0.797. The van der Waals surface area contributed by atoms with Gasteiger partial charge in [0.15, 0.2) is 0 Å². The third kappa shape index (κ3) is 2.04. The van der Waals surface area contributed by atoms with Crippen molar-refractivity contribution < 1.29 is 0 Å². The van der Waals surface area contributed by atoms with E-state index < -0.39 is 0 Å². The Kier molecular flexibility index (Phi) is 2.98. The molecule has 2 unspecified atom stereocenters. The van der Waals surface area contributed by atoms with Crippen LogP contribution >= 0.6 is 11.3 Å². The monoisotopic (exact) mass is 212 g/mol. The second kappa shape index (κ2) is 4.23. The van der Waals surface area contributed by atoms with Crippen molar-refractivity contribution in [1.82, 2.24) is 10.2 Å². The molecule has 1 fully saturated rings. The number of nitrogens with zero attached hydrogens (tertiary/aromatic N) is 3. The van der Waals surface area contributed by atoms with Crippen LogP contribution in [0.3, 0.4) is 0 Å². The molecule has 5 heteroatoms. The number of nitrogens with two attached hydrogens (primary N) is 1. The van der Waals surface area contributed by atoms with Crippen LogP contribution in [0.1, 0.15) is 19.8 Å². The molecule has 14 heavy (non-hydrogen) atoms. The summed E-state index contributed by atoms with van der Waals surface area (Å²) in [5, 5.41) is 8.99. The Morgan fingerprint density at radius 1 is 1.71 bits per heavy atom. The van der Waals surface area contributed by atoms with Crippen LogP contribution in [0.2, 0.25) is 0 Å². The van der Waals surface area contributed by atoms with E-state index in [0.29, 0.717) is 5.92 Å². The number of aromatic nitrogens is 2. The third-order valence-corrected chi connectivity index (χ3v) is 3.57. The van der Waals surface area contributed by atoms with E-state index in [2.05, 4.69) is 22.0 Å². The van der Waals surface area contributed by atoms with Crippen molar-refractivity contribution in [1.29, 1.82) is 0 Å². The van der Waals surface area contributed by atoms with Crippen molar-refractivity contribution in [2.75, 3.05) is 18.0 Å². The summed E-state index contributed by atoms with van der Waals surface area (Å²) >= 11 is 1.61. The van der Waals surface area contributed by atoms with Crippen LogP contribution in [0.25, 0.3) is 0 Å². The maximum absolute atomic E-state index is 5.92. The molecule has 1 aliphatic heterocycles. The first-order chi connectivity index (χ1) is 6.77. The Labute approximate surface area is 88.1 Å². The molecule has 1 aliphatic rings. The van der Waals surface area contributed by atoms with E-state index in [-0.39, 0.29) is 6.04 Å². The van der Waals surface area contributed by atoms with Gasteiger partial charge in [-0.1, -0.05) is 11.3 Å². The maximum Gasteiger partial charge on any atom is 0.208 e. The van der Waals surface area contributed by atoms with Gasteiger partial charge in [0.2, 0.25) is 5.13 Å². The Morgan fingerprint density at radius 2 is 2.57 bits per heavy atom. The van der Waals surface area contributed by atoms with Crippen LogP contribution in [-0.2, 0) is 0 Å². The first kappa shape index (κ1) is 9.86. The first-order valence-corrected chi connectivity index (χ1v) is 5.92. The van der Waals surface area contributed by atoms with Crippen LogP contribution in [0.4, 0.5) is 5.13 Å². The van der Waals surface area contributed by atoms with Crippen molar-refractivity contribution in [3.05, 3.63) is 5.51 Å². The first-order valence-electron chi connectivity index (χ1n) is 5.04. The zero-order valence-corrected chi connectivity index (χ0v) is 9.20. The van der Waals surface area contributed by atoms with E-state index in [0.717, 1.165) is 18.2 Å². The van der Waals surface area contributed by atoms with Gasteiger partial charge < -0.3 is 10.6 Å². The van der Waals surface area contributed by atoms with Crippen LogP contribution in [0.15, 0.2) is 5.51 Å². The van der Waals surface area contributed by atoms with Crippen LogP contribution in [-0.4, -0.2) is 29.3 Å². The van der Waals surface area contributed by atoms with Crippen LogP contribution in [0.5, 0.6) is 0 Å². The van der Waals surface area contributed by atoms with E-state index in [1.807, 2.05) is 0 Å². The average molecular weight is 212 g/mol. The van der Waals surface area contributed by atoms with Gasteiger partial charge in [-0.05, 0) is 25.7 Å². The zero-order chi connectivity index (χ0) is 9.97. The highest BCUT2D eigenvalue weighted by Gasteiger charge is 2.23. The van der Waals surface area contributed by atoms with Gasteiger partial charge in [-0.3, -0.25) is 0 Å². The van der Waals surface area contributed by atoms with E-state index in [1.165, 1.54) is 12.8 Å². The minimum Gasteiger partial charge on any atom is -0.346 e. The predicted octanol–water partition coefficient (Wildman–Crippen LogP) is 1.10. The lowest BCUT2D eigenvalue weighted by Crippen LogP contribution is -2.42. The fraction of sp³-hybridized carbons (Fsp3) is 0.778. The minimum atomic E-state index is 0.283. The third-order valence-electron chi connectivity index (χ3n) is 2.82. The molecule has 0 saturated carbocycles. The van der Waals surface area contributed by atoms with E-state index in [4.69, 9.17) is 5.73 Å². The minimum absolute atomic E-state index is 0.283. The number of hydrogen-bond acceptors (Lipinski definition) is 5. The lowest BCUT2D eigenvalue weighted by molar-refractivity contribution is 0.364. The summed E-state index contributed by atoms with van der Waals surface area (Å²) in [6.07, 6.45) is 2.46. The van der Waals surface area contributed by atoms with Crippen LogP contribution in [0, 0.1) is 5.92 Å². The fourth-order valence-corrected chi connectivity index (χ4v) is 2.52. The summed E-state index contributed by atoms with van der Waals surface area (Å²) in [4.78, 5) is 2.30. The standard InChI is InChI=1S/C9H16N4S/c1-7(10)8-3-2-4-13(5-8)9-12-11-6-14-9/h6-8H,2-5,10H2,1H3. The van der Waals surface area contributed by atoms with Gasteiger partial charge in [0.1, 0.15) is 5.51 Å². The Balaban J connectivity index is 2.01. The normalized spacial score (nSPS) is 25.0. The van der Waals surface area contributed by atoms with Crippen LogP contribution < -0.4 is 10.6 Å². The number of hydrogen-bond donors (Lipinski definition) is 1. The smallest absolute Gasteiger partial charge is 0.208 e. The largest absolute Gasteiger partial charge is 0.346 e. The van der Waals surface area contributed by atoms with Crippen molar-refractivity contribution in [2.24, 2.45) is 11.7 Å². The van der Waals surface area contributed by atoms with Crippen molar-refractivity contribution in [3.8, 4) is 0 Å². The van der Waals surface area contributed by atoms with Gasteiger partial charge in [0.25, 0.3) is 0 Å². The van der Waals surface area contributed by atoms with Gasteiger partial charge in [0, 0.05) is 19.1 Å². The molecule has 0 spiro atoms. The average Bonchev–Trinajstić information content (AvgIpc) is 2.71. The fourth-order valence-electron chi connectivity index (χ4n) is 1.92. The van der Waals surface area contributed by atoms with Gasteiger partial charge in [-0.2, -0.15) is 0 Å². The summed E-state index contributed by atoms with van der Waals surface area (Å²) in [6.45, 7) is 4.22. The van der Waals surface area contributed by atoms with Crippen molar-refractivity contribution in [3.63, 3.8) is 0 Å². The molecule has 1 aromatic heterocycles. The molecule has 2 atom stereocenters. The van der Waals surface area contributed by atoms with Gasteiger partial charge in [-0.15, -0.1) is 10.2 Å². The van der Waals surface area contributed by atoms with Crippen molar-refractivity contribution in [2.45, 2.75) is 25.8 Å². The highest BCUT2D eigenvalue weighted by atomic mass is 32.1. The van der Waals surface area contributed by atoms with Crippen molar-refractivity contribution >= 4 is 16.5 Å². The van der Waals surface area contributed by atoms with Gasteiger partial charge in [0.05, 0.1) is 0 Å². The van der Waals surface area contributed by atoms with Gasteiger partial charge >= 0.3 is 0 Å². The topological polar surface area (TPSA) is 55.0 Å². The molecule has 0 amide bonds. The summed E-state index contributed by atoms with van der Waals surface area (Å²) in [6, 6.07) is 0.283. The van der Waals surface area contributed by atoms with E-state index in [1.54, 1.807) is 16.8 Å². The molecule has 2 N–H and O–H groups in total. The molecule has 1 saturated heterocycles. The Morgan fingerprint density at radius 3 is 3.21 bits per heavy atom. The number of rotatable bonds is 2. The molecule has 4 nitrogen and oxygen atoms in total. The summed E-state index contributed by atoms with van der Waals surface area (Å²) in [5.74, 6) is 0.604.